The van der Waals surface area contributed by atoms with Crippen molar-refractivity contribution in [3.05, 3.63) is 94.0 Å². The monoisotopic (exact) mass is 421 g/mol. The Morgan fingerprint density at radius 2 is 2.06 bits per heavy atom. The maximum Gasteiger partial charge on any atom is 0.227 e. The van der Waals surface area contributed by atoms with Gasteiger partial charge in [0.15, 0.2) is 5.43 Å². The highest BCUT2D eigenvalue weighted by Gasteiger charge is 2.17. The number of pyridine rings is 2. The third-order valence-corrected chi connectivity index (χ3v) is 4.75. The summed E-state index contributed by atoms with van der Waals surface area (Å²) in [4.78, 5) is 17.4. The fraction of sp³-hybridized carbons (Fsp3) is 0.167. The molecule has 1 aliphatic rings. The van der Waals surface area contributed by atoms with E-state index in [0.717, 1.165) is 0 Å². The number of aryl methyl sites for hydroxylation is 1. The lowest BCUT2D eigenvalue weighted by Crippen LogP contribution is -2.16. The average molecular weight is 421 g/mol. The van der Waals surface area contributed by atoms with Gasteiger partial charge in [-0.1, -0.05) is 12.1 Å². The molecule has 3 aromatic rings. The van der Waals surface area contributed by atoms with Gasteiger partial charge in [0.05, 0.1) is 17.8 Å². The zero-order valence-electron chi connectivity index (χ0n) is 17.2. The number of halogens is 2. The summed E-state index contributed by atoms with van der Waals surface area (Å²) < 4.78 is 35.4. The molecule has 4 rings (SSSR count). The molecule has 7 heteroatoms. The molecule has 1 aliphatic carbocycles. The summed E-state index contributed by atoms with van der Waals surface area (Å²) in [5.74, 6) is -0.219. The maximum absolute atomic E-state index is 14.1. The van der Waals surface area contributed by atoms with Gasteiger partial charge in [0, 0.05) is 17.5 Å². The zero-order chi connectivity index (χ0) is 22.0. The van der Waals surface area contributed by atoms with Crippen molar-refractivity contribution in [1.82, 2.24) is 9.55 Å². The minimum atomic E-state index is -0.423. The van der Waals surface area contributed by atoms with Gasteiger partial charge in [0.25, 0.3) is 0 Å². The minimum Gasteiger partial charge on any atom is -0.477 e. The highest BCUT2D eigenvalue weighted by atomic mass is 19.1. The highest BCUT2D eigenvalue weighted by Crippen LogP contribution is 2.29. The number of nitrogens with one attached hydrogen (secondary N) is 1. The van der Waals surface area contributed by atoms with Gasteiger partial charge in [-0.25, -0.2) is 13.8 Å². The summed E-state index contributed by atoms with van der Waals surface area (Å²) in [5, 5.41) is 3.40. The first-order chi connectivity index (χ1) is 15.0. The molecule has 0 fully saturated rings. The Hall–Kier alpha value is -3.74. The Labute approximate surface area is 178 Å². The predicted molar refractivity (Wildman–Crippen MR) is 118 cm³/mol. The van der Waals surface area contributed by atoms with Crippen LogP contribution in [0.1, 0.15) is 19.0 Å². The number of nitrogens with zero attached hydrogens (tertiary/aromatic N) is 2. The van der Waals surface area contributed by atoms with E-state index in [1.54, 1.807) is 41.8 Å². The summed E-state index contributed by atoms with van der Waals surface area (Å²) >= 11 is 0. The molecule has 0 spiro atoms. The Kier molecular flexibility index (Phi) is 5.66. The van der Waals surface area contributed by atoms with E-state index in [4.69, 9.17) is 4.74 Å². The molecule has 0 bridgehead atoms. The third kappa shape index (κ3) is 4.26. The predicted octanol–water partition coefficient (Wildman–Crippen LogP) is 5.34. The first-order valence-electron chi connectivity index (χ1n) is 9.93. The molecule has 158 valence electrons. The Morgan fingerprint density at radius 3 is 2.84 bits per heavy atom. The summed E-state index contributed by atoms with van der Waals surface area (Å²) in [5.41, 5.74) is 1.79. The number of aromatic nitrogens is 2. The van der Waals surface area contributed by atoms with Crippen molar-refractivity contribution in [3.63, 3.8) is 0 Å². The van der Waals surface area contributed by atoms with Crippen LogP contribution in [0.25, 0.3) is 16.6 Å². The lowest BCUT2D eigenvalue weighted by atomic mass is 10.2. The molecule has 0 atom stereocenters. The minimum absolute atomic E-state index is 0.224. The SMILES string of the molecule is CCOc1nc(C)cc2c1c(=O)cc(NC1=CC(F)=CCC=C1)n2-c1cccc(F)c1. The van der Waals surface area contributed by atoms with Crippen molar-refractivity contribution in [3.8, 4) is 11.6 Å². The largest absolute Gasteiger partial charge is 0.477 e. The first-order valence-corrected chi connectivity index (χ1v) is 9.93. The molecule has 1 aromatic carbocycles. The van der Waals surface area contributed by atoms with Crippen LogP contribution in [0.2, 0.25) is 0 Å². The van der Waals surface area contributed by atoms with Gasteiger partial charge in [-0.05, 0) is 62.8 Å². The molecule has 0 saturated heterocycles. The van der Waals surface area contributed by atoms with Crippen molar-refractivity contribution in [1.29, 1.82) is 0 Å². The topological polar surface area (TPSA) is 56.1 Å². The summed E-state index contributed by atoms with van der Waals surface area (Å²) in [6.45, 7) is 3.94. The quantitative estimate of drug-likeness (QED) is 0.604. The van der Waals surface area contributed by atoms with E-state index in [-0.39, 0.29) is 17.1 Å². The normalized spacial score (nSPS) is 13.5. The standard InChI is InChI=1S/C24H21F2N3O2/c1-3-31-24-23-20(11-15(2)27-24)29(19-10-6-8-17(26)13-19)22(14-21(23)30)28-18-9-5-4-7-16(25)12-18/h5-14,28H,3-4H2,1-2H3. The van der Waals surface area contributed by atoms with Gasteiger partial charge in [-0.3, -0.25) is 9.36 Å². The van der Waals surface area contributed by atoms with E-state index < -0.39 is 5.82 Å². The number of rotatable bonds is 5. The van der Waals surface area contributed by atoms with Crippen LogP contribution in [0, 0.1) is 12.7 Å². The molecule has 0 saturated carbocycles. The molecule has 0 aliphatic heterocycles. The van der Waals surface area contributed by atoms with E-state index in [1.165, 1.54) is 30.4 Å². The number of allylic oxidation sites excluding steroid dienone is 5. The fourth-order valence-electron chi connectivity index (χ4n) is 3.51. The van der Waals surface area contributed by atoms with Gasteiger partial charge in [0.1, 0.15) is 22.8 Å². The Bertz CT molecular complexity index is 1310. The van der Waals surface area contributed by atoms with Crippen LogP contribution in [0.3, 0.4) is 0 Å². The van der Waals surface area contributed by atoms with Crippen LogP contribution in [-0.4, -0.2) is 16.2 Å². The van der Waals surface area contributed by atoms with Crippen LogP contribution < -0.4 is 15.5 Å². The van der Waals surface area contributed by atoms with Crippen LogP contribution in [0.5, 0.6) is 5.88 Å². The second-order valence-corrected chi connectivity index (χ2v) is 7.06. The van der Waals surface area contributed by atoms with E-state index >= 15 is 0 Å². The number of hydrogen-bond acceptors (Lipinski definition) is 4. The van der Waals surface area contributed by atoms with Crippen molar-refractivity contribution < 1.29 is 13.5 Å². The van der Waals surface area contributed by atoms with Crippen LogP contribution in [0.15, 0.2) is 77.0 Å². The Balaban J connectivity index is 2.03. The fourth-order valence-corrected chi connectivity index (χ4v) is 3.51. The number of benzene rings is 1. The smallest absolute Gasteiger partial charge is 0.227 e. The number of fused-ring (bicyclic) bond motifs is 1. The second kappa shape index (κ2) is 8.55. The molecule has 0 amide bonds. The Morgan fingerprint density at radius 1 is 1.23 bits per heavy atom. The number of anilines is 1. The van der Waals surface area contributed by atoms with E-state index in [0.29, 0.717) is 46.8 Å². The van der Waals surface area contributed by atoms with E-state index in [1.807, 2.05) is 6.92 Å². The van der Waals surface area contributed by atoms with Crippen molar-refractivity contribution in [2.45, 2.75) is 20.3 Å². The van der Waals surface area contributed by atoms with Crippen molar-refractivity contribution >= 4 is 16.7 Å². The van der Waals surface area contributed by atoms with Gasteiger partial charge >= 0.3 is 0 Å². The van der Waals surface area contributed by atoms with Gasteiger partial charge < -0.3 is 10.1 Å². The molecule has 5 nitrogen and oxygen atoms in total. The lowest BCUT2D eigenvalue weighted by molar-refractivity contribution is 0.330. The van der Waals surface area contributed by atoms with Gasteiger partial charge in [-0.2, -0.15) is 0 Å². The van der Waals surface area contributed by atoms with Gasteiger partial charge in [0.2, 0.25) is 5.88 Å². The zero-order valence-corrected chi connectivity index (χ0v) is 17.2. The molecule has 1 N–H and O–H groups in total. The third-order valence-electron chi connectivity index (χ3n) is 4.75. The van der Waals surface area contributed by atoms with E-state index in [9.17, 15) is 13.6 Å². The summed E-state index contributed by atoms with van der Waals surface area (Å²) in [6.07, 6.45) is 6.80. The molecule has 2 aromatic heterocycles. The van der Waals surface area contributed by atoms with Crippen LogP contribution >= 0.6 is 0 Å². The van der Waals surface area contributed by atoms with Crippen molar-refractivity contribution in [2.75, 3.05) is 11.9 Å². The highest BCUT2D eigenvalue weighted by molar-refractivity contribution is 5.88. The average Bonchev–Trinajstić information content (AvgIpc) is 2.91. The molecular formula is C24H21F2N3O2. The van der Waals surface area contributed by atoms with E-state index in [2.05, 4.69) is 10.3 Å². The van der Waals surface area contributed by atoms with Crippen LogP contribution in [-0.2, 0) is 0 Å². The van der Waals surface area contributed by atoms with Crippen LogP contribution in [0.4, 0.5) is 14.6 Å². The lowest BCUT2D eigenvalue weighted by Gasteiger charge is -2.20. The summed E-state index contributed by atoms with van der Waals surface area (Å²) in [7, 11) is 0. The maximum atomic E-state index is 14.1. The molecule has 0 unspecified atom stereocenters. The molecule has 2 heterocycles. The first kappa shape index (κ1) is 20.5. The summed E-state index contributed by atoms with van der Waals surface area (Å²) in [6, 6.07) is 9.15. The number of ether oxygens (including phenoxy) is 1. The molecule has 0 radical (unpaired) electrons. The second-order valence-electron chi connectivity index (χ2n) is 7.06. The van der Waals surface area contributed by atoms with Gasteiger partial charge in [-0.15, -0.1) is 0 Å². The molecular weight excluding hydrogens is 400 g/mol. The van der Waals surface area contributed by atoms with Crippen molar-refractivity contribution in [2.24, 2.45) is 0 Å². The molecule has 31 heavy (non-hydrogen) atoms. The number of hydrogen-bond donors (Lipinski definition) is 1.